The average Bonchev–Trinajstić information content (AvgIpc) is 2.34. The first kappa shape index (κ1) is 9.84. The molecule has 0 aliphatic rings. The van der Waals surface area contributed by atoms with Crippen molar-refractivity contribution in [2.24, 2.45) is 0 Å². The number of aromatic nitrogens is 1. The van der Waals surface area contributed by atoms with Crippen molar-refractivity contribution in [3.63, 3.8) is 0 Å². The van der Waals surface area contributed by atoms with Crippen LogP contribution in [0, 0.1) is 0 Å². The van der Waals surface area contributed by atoms with Gasteiger partial charge in [0, 0.05) is 12.4 Å². The predicted octanol–water partition coefficient (Wildman–Crippen LogP) is 1.90. The van der Waals surface area contributed by atoms with Crippen LogP contribution in [0.3, 0.4) is 0 Å². The molecular formula is C10H15NO2. The average molecular weight is 181 g/mol. The molecule has 0 unspecified atom stereocenters. The van der Waals surface area contributed by atoms with Crippen LogP contribution < -0.4 is 0 Å². The molecule has 0 atom stereocenters. The van der Waals surface area contributed by atoms with Crippen molar-refractivity contribution < 1.29 is 9.53 Å². The Morgan fingerprint density at radius 3 is 2.69 bits per heavy atom. The second-order valence-electron chi connectivity index (χ2n) is 3.98. The molecule has 0 saturated carbocycles. The third-order valence-corrected chi connectivity index (χ3v) is 1.43. The Labute approximate surface area is 78.1 Å². The molecule has 0 aromatic carbocycles. The van der Waals surface area contributed by atoms with Crippen LogP contribution in [0.4, 0.5) is 0 Å². The van der Waals surface area contributed by atoms with Crippen molar-refractivity contribution in [2.45, 2.75) is 32.8 Å². The van der Waals surface area contributed by atoms with Crippen LogP contribution in [-0.4, -0.2) is 16.6 Å². The van der Waals surface area contributed by atoms with Gasteiger partial charge in [-0.2, -0.15) is 0 Å². The maximum absolute atomic E-state index is 11.3. The highest BCUT2D eigenvalue weighted by molar-refractivity contribution is 5.72. The summed E-state index contributed by atoms with van der Waals surface area (Å²) >= 11 is 0. The number of esters is 1. The van der Waals surface area contributed by atoms with Gasteiger partial charge in [-0.1, -0.05) is 0 Å². The summed E-state index contributed by atoms with van der Waals surface area (Å²) in [6, 6.07) is 1.86. The number of nitrogens with one attached hydrogen (secondary N) is 1. The third kappa shape index (κ3) is 3.78. The van der Waals surface area contributed by atoms with Crippen LogP contribution in [0.15, 0.2) is 18.5 Å². The Kier molecular flexibility index (Phi) is 2.76. The first-order chi connectivity index (χ1) is 5.97. The van der Waals surface area contributed by atoms with Crippen molar-refractivity contribution in [2.75, 3.05) is 0 Å². The zero-order valence-electron chi connectivity index (χ0n) is 8.26. The Bertz CT molecular complexity index is 270. The van der Waals surface area contributed by atoms with Crippen LogP contribution in [0.2, 0.25) is 0 Å². The lowest BCUT2D eigenvalue weighted by Gasteiger charge is -2.19. The third-order valence-electron chi connectivity index (χ3n) is 1.43. The highest BCUT2D eigenvalue weighted by Gasteiger charge is 2.16. The quantitative estimate of drug-likeness (QED) is 0.708. The number of carbonyl (C=O) groups excluding carboxylic acids is 1. The molecule has 1 N–H and O–H groups in total. The molecule has 0 bridgehead atoms. The molecule has 0 aliphatic heterocycles. The SMILES string of the molecule is CC(C)(C)OC(=O)Cc1cc[nH]c1. The van der Waals surface area contributed by atoms with Gasteiger partial charge >= 0.3 is 5.97 Å². The molecule has 1 aromatic heterocycles. The molecule has 3 nitrogen and oxygen atoms in total. The van der Waals surface area contributed by atoms with Crippen LogP contribution >= 0.6 is 0 Å². The van der Waals surface area contributed by atoms with Gasteiger partial charge in [-0.15, -0.1) is 0 Å². The van der Waals surface area contributed by atoms with Gasteiger partial charge in [0.05, 0.1) is 6.42 Å². The fourth-order valence-corrected chi connectivity index (χ4v) is 1.01. The lowest BCUT2D eigenvalue weighted by Crippen LogP contribution is -2.24. The molecule has 3 heteroatoms. The molecule has 0 fully saturated rings. The largest absolute Gasteiger partial charge is 0.460 e. The first-order valence-electron chi connectivity index (χ1n) is 4.31. The predicted molar refractivity (Wildman–Crippen MR) is 50.3 cm³/mol. The molecule has 1 rings (SSSR count). The van der Waals surface area contributed by atoms with Gasteiger partial charge in [-0.25, -0.2) is 0 Å². The molecule has 1 heterocycles. The fraction of sp³-hybridized carbons (Fsp3) is 0.500. The Balaban J connectivity index is 2.43. The summed E-state index contributed by atoms with van der Waals surface area (Å²) in [6.07, 6.45) is 3.92. The van der Waals surface area contributed by atoms with E-state index in [1.165, 1.54) is 0 Å². The van der Waals surface area contributed by atoms with Gasteiger partial charge in [0.1, 0.15) is 5.60 Å². The Hall–Kier alpha value is -1.25. The first-order valence-corrected chi connectivity index (χ1v) is 4.31. The van der Waals surface area contributed by atoms with Gasteiger partial charge in [-0.05, 0) is 32.4 Å². The normalized spacial score (nSPS) is 11.3. The number of aromatic amines is 1. The fourth-order valence-electron chi connectivity index (χ4n) is 1.01. The van der Waals surface area contributed by atoms with Gasteiger partial charge < -0.3 is 9.72 Å². The van der Waals surface area contributed by atoms with Gasteiger partial charge in [-0.3, -0.25) is 4.79 Å². The van der Waals surface area contributed by atoms with Gasteiger partial charge in [0.25, 0.3) is 0 Å². The molecular weight excluding hydrogens is 166 g/mol. The monoisotopic (exact) mass is 181 g/mol. The van der Waals surface area contributed by atoms with Crippen molar-refractivity contribution >= 4 is 5.97 Å². The smallest absolute Gasteiger partial charge is 0.310 e. The summed E-state index contributed by atoms with van der Waals surface area (Å²) in [6.45, 7) is 5.59. The van der Waals surface area contributed by atoms with E-state index in [4.69, 9.17) is 4.74 Å². The second-order valence-corrected chi connectivity index (χ2v) is 3.98. The highest BCUT2D eigenvalue weighted by Crippen LogP contribution is 2.09. The zero-order valence-corrected chi connectivity index (χ0v) is 8.26. The zero-order chi connectivity index (χ0) is 9.90. The van der Waals surface area contributed by atoms with E-state index in [2.05, 4.69) is 4.98 Å². The van der Waals surface area contributed by atoms with E-state index in [9.17, 15) is 4.79 Å². The minimum absolute atomic E-state index is 0.188. The van der Waals surface area contributed by atoms with Crippen molar-refractivity contribution in [1.29, 1.82) is 0 Å². The van der Waals surface area contributed by atoms with Crippen LogP contribution in [-0.2, 0) is 16.0 Å². The molecule has 0 radical (unpaired) electrons. The molecule has 1 aromatic rings. The van der Waals surface area contributed by atoms with Crippen LogP contribution in [0.1, 0.15) is 26.3 Å². The van der Waals surface area contributed by atoms with E-state index in [0.29, 0.717) is 6.42 Å². The van der Waals surface area contributed by atoms with E-state index in [1.54, 1.807) is 12.4 Å². The maximum Gasteiger partial charge on any atom is 0.310 e. The summed E-state index contributed by atoms with van der Waals surface area (Å²) in [5, 5.41) is 0. The number of H-pyrrole nitrogens is 1. The van der Waals surface area contributed by atoms with E-state index in [1.807, 2.05) is 26.8 Å². The highest BCUT2D eigenvalue weighted by atomic mass is 16.6. The minimum Gasteiger partial charge on any atom is -0.460 e. The van der Waals surface area contributed by atoms with Crippen molar-refractivity contribution in [3.05, 3.63) is 24.0 Å². The standard InChI is InChI=1S/C10H15NO2/c1-10(2,3)13-9(12)6-8-4-5-11-7-8/h4-5,7,11H,6H2,1-3H3. The van der Waals surface area contributed by atoms with E-state index in [-0.39, 0.29) is 5.97 Å². The van der Waals surface area contributed by atoms with Crippen LogP contribution in [0.5, 0.6) is 0 Å². The number of carbonyl (C=O) groups is 1. The molecule has 72 valence electrons. The molecule has 0 spiro atoms. The second kappa shape index (κ2) is 3.64. The number of hydrogen-bond donors (Lipinski definition) is 1. The van der Waals surface area contributed by atoms with E-state index in [0.717, 1.165) is 5.56 Å². The molecule has 0 aliphatic carbocycles. The Morgan fingerprint density at radius 2 is 2.23 bits per heavy atom. The number of hydrogen-bond acceptors (Lipinski definition) is 2. The van der Waals surface area contributed by atoms with E-state index >= 15 is 0 Å². The molecule has 0 amide bonds. The maximum atomic E-state index is 11.3. The molecule has 0 saturated heterocycles. The summed E-state index contributed by atoms with van der Waals surface area (Å²) < 4.78 is 5.16. The summed E-state index contributed by atoms with van der Waals surface area (Å²) in [4.78, 5) is 14.2. The minimum atomic E-state index is -0.395. The topological polar surface area (TPSA) is 42.1 Å². The van der Waals surface area contributed by atoms with E-state index < -0.39 is 5.60 Å². The van der Waals surface area contributed by atoms with Crippen molar-refractivity contribution in [1.82, 2.24) is 4.98 Å². The lowest BCUT2D eigenvalue weighted by atomic mass is 10.2. The number of ether oxygens (including phenoxy) is 1. The summed E-state index contributed by atoms with van der Waals surface area (Å²) in [5.41, 5.74) is 0.558. The van der Waals surface area contributed by atoms with Crippen molar-refractivity contribution in [3.8, 4) is 0 Å². The van der Waals surface area contributed by atoms with Gasteiger partial charge in [0.2, 0.25) is 0 Å². The lowest BCUT2D eigenvalue weighted by molar-refractivity contribution is -0.153. The van der Waals surface area contributed by atoms with Gasteiger partial charge in [0.15, 0.2) is 0 Å². The summed E-state index contributed by atoms with van der Waals surface area (Å²) in [7, 11) is 0. The van der Waals surface area contributed by atoms with Crippen LogP contribution in [0.25, 0.3) is 0 Å². The Morgan fingerprint density at radius 1 is 1.54 bits per heavy atom. The summed E-state index contributed by atoms with van der Waals surface area (Å²) in [5.74, 6) is -0.188. The number of rotatable bonds is 2. The molecule has 13 heavy (non-hydrogen) atoms.